The summed E-state index contributed by atoms with van der Waals surface area (Å²) >= 11 is 0. The minimum atomic E-state index is -0.199. The van der Waals surface area contributed by atoms with E-state index in [1.165, 1.54) is 25.3 Å². The summed E-state index contributed by atoms with van der Waals surface area (Å²) in [5.41, 5.74) is 5.77. The first-order valence-corrected chi connectivity index (χ1v) is 4.09. The van der Waals surface area contributed by atoms with E-state index in [1.54, 1.807) is 0 Å². The molecule has 1 rings (SSSR count). The van der Waals surface area contributed by atoms with Crippen LogP contribution in [0.15, 0.2) is 4.99 Å². The largest absolute Gasteiger partial charge is 0.324 e. The van der Waals surface area contributed by atoms with Crippen molar-refractivity contribution in [3.63, 3.8) is 0 Å². The van der Waals surface area contributed by atoms with Gasteiger partial charge in [0.05, 0.1) is 6.54 Å². The Morgan fingerprint density at radius 2 is 2.00 bits per heavy atom. The molecule has 0 heterocycles. The van der Waals surface area contributed by atoms with Crippen LogP contribution in [-0.2, 0) is 4.79 Å². The Morgan fingerprint density at radius 1 is 1.36 bits per heavy atom. The molecule has 62 valence electrons. The minimum Gasteiger partial charge on any atom is -0.324 e. The number of isocyanates is 1. The topological polar surface area (TPSA) is 55.4 Å². The Labute approximate surface area is 66.7 Å². The molecule has 0 aromatic heterocycles. The molecule has 11 heavy (non-hydrogen) atoms. The molecule has 0 saturated heterocycles. The smallest absolute Gasteiger partial charge is 0.235 e. The Bertz CT molecular complexity index is 167. The molecule has 0 atom stereocenters. The van der Waals surface area contributed by atoms with Gasteiger partial charge in [0.2, 0.25) is 6.08 Å². The highest BCUT2D eigenvalue weighted by atomic mass is 16.1. The maximum absolute atomic E-state index is 9.84. The Morgan fingerprint density at radius 3 is 2.55 bits per heavy atom. The second kappa shape index (κ2) is 3.65. The fourth-order valence-corrected chi connectivity index (χ4v) is 1.60. The first-order valence-electron chi connectivity index (χ1n) is 4.09. The lowest BCUT2D eigenvalue weighted by Gasteiger charge is -2.31. The molecule has 1 aliphatic rings. The van der Waals surface area contributed by atoms with Gasteiger partial charge in [-0.05, 0) is 12.8 Å². The molecule has 3 heteroatoms. The van der Waals surface area contributed by atoms with E-state index in [4.69, 9.17) is 5.73 Å². The van der Waals surface area contributed by atoms with Gasteiger partial charge in [0.25, 0.3) is 0 Å². The summed E-state index contributed by atoms with van der Waals surface area (Å²) in [6.45, 7) is 0.455. The normalized spacial score (nSPS) is 22.3. The van der Waals surface area contributed by atoms with Crippen LogP contribution in [0.4, 0.5) is 0 Å². The third kappa shape index (κ3) is 2.45. The van der Waals surface area contributed by atoms with Crippen LogP contribution < -0.4 is 5.73 Å². The highest BCUT2D eigenvalue weighted by molar-refractivity contribution is 5.33. The van der Waals surface area contributed by atoms with Crippen LogP contribution in [0.1, 0.15) is 32.1 Å². The van der Waals surface area contributed by atoms with Gasteiger partial charge in [-0.25, -0.2) is 9.79 Å². The van der Waals surface area contributed by atoms with Crippen molar-refractivity contribution in [2.45, 2.75) is 37.6 Å². The molecule has 1 saturated carbocycles. The van der Waals surface area contributed by atoms with Crippen LogP contribution in [0.2, 0.25) is 0 Å². The van der Waals surface area contributed by atoms with E-state index in [0.29, 0.717) is 6.54 Å². The molecule has 0 radical (unpaired) electrons. The van der Waals surface area contributed by atoms with Crippen molar-refractivity contribution in [3.05, 3.63) is 0 Å². The monoisotopic (exact) mass is 154 g/mol. The van der Waals surface area contributed by atoms with Gasteiger partial charge >= 0.3 is 0 Å². The van der Waals surface area contributed by atoms with Gasteiger partial charge in [0.15, 0.2) is 0 Å². The molecular weight excluding hydrogens is 140 g/mol. The lowest BCUT2D eigenvalue weighted by molar-refractivity contribution is 0.304. The lowest BCUT2D eigenvalue weighted by Crippen LogP contribution is -2.44. The molecule has 2 N–H and O–H groups in total. The number of nitrogens with two attached hydrogens (primary N) is 1. The summed E-state index contributed by atoms with van der Waals surface area (Å²) in [5, 5.41) is 0. The summed E-state index contributed by atoms with van der Waals surface area (Å²) in [6, 6.07) is 0. The zero-order valence-electron chi connectivity index (χ0n) is 6.68. The van der Waals surface area contributed by atoms with Crippen molar-refractivity contribution >= 4 is 6.08 Å². The summed E-state index contributed by atoms with van der Waals surface area (Å²) in [6.07, 6.45) is 7.14. The van der Waals surface area contributed by atoms with E-state index in [9.17, 15) is 4.79 Å². The van der Waals surface area contributed by atoms with Crippen molar-refractivity contribution in [1.29, 1.82) is 0 Å². The molecule has 3 nitrogen and oxygen atoms in total. The SMILES string of the molecule is NC1(CN=C=O)CCCCC1. The molecule has 1 aliphatic carbocycles. The number of hydrogen-bond donors (Lipinski definition) is 1. The maximum atomic E-state index is 9.84. The van der Waals surface area contributed by atoms with E-state index in [1.807, 2.05) is 0 Å². The van der Waals surface area contributed by atoms with Gasteiger partial charge in [-0.2, -0.15) is 0 Å². The highest BCUT2D eigenvalue weighted by Gasteiger charge is 2.26. The Balaban J connectivity index is 2.42. The maximum Gasteiger partial charge on any atom is 0.235 e. The van der Waals surface area contributed by atoms with Crippen molar-refractivity contribution in [1.82, 2.24) is 0 Å². The van der Waals surface area contributed by atoms with Crippen LogP contribution >= 0.6 is 0 Å². The molecule has 0 aromatic rings. The molecule has 0 bridgehead atoms. The fourth-order valence-electron chi connectivity index (χ4n) is 1.60. The van der Waals surface area contributed by atoms with Gasteiger partial charge in [-0.15, -0.1) is 0 Å². The van der Waals surface area contributed by atoms with Gasteiger partial charge in [0.1, 0.15) is 0 Å². The predicted molar refractivity (Wildman–Crippen MR) is 43.0 cm³/mol. The number of nitrogens with zero attached hydrogens (tertiary/aromatic N) is 1. The fraction of sp³-hybridized carbons (Fsp3) is 0.875. The van der Waals surface area contributed by atoms with Crippen LogP contribution in [0.3, 0.4) is 0 Å². The van der Waals surface area contributed by atoms with Gasteiger partial charge in [-0.1, -0.05) is 19.3 Å². The van der Waals surface area contributed by atoms with Crippen molar-refractivity contribution < 1.29 is 4.79 Å². The van der Waals surface area contributed by atoms with Crippen LogP contribution in [0.25, 0.3) is 0 Å². The number of aliphatic imine (C=N–C) groups is 1. The van der Waals surface area contributed by atoms with Gasteiger partial charge in [-0.3, -0.25) is 0 Å². The highest BCUT2D eigenvalue weighted by Crippen LogP contribution is 2.25. The van der Waals surface area contributed by atoms with Crippen molar-refractivity contribution in [2.24, 2.45) is 10.7 Å². The zero-order valence-corrected chi connectivity index (χ0v) is 6.68. The van der Waals surface area contributed by atoms with E-state index >= 15 is 0 Å². The number of carbonyl (C=O) groups excluding carboxylic acids is 1. The van der Waals surface area contributed by atoms with Crippen LogP contribution in [0.5, 0.6) is 0 Å². The average molecular weight is 154 g/mol. The van der Waals surface area contributed by atoms with E-state index < -0.39 is 0 Å². The summed E-state index contributed by atoms with van der Waals surface area (Å²) in [5.74, 6) is 0. The van der Waals surface area contributed by atoms with E-state index in [-0.39, 0.29) is 5.54 Å². The van der Waals surface area contributed by atoms with Gasteiger partial charge in [0, 0.05) is 5.54 Å². The molecule has 0 aliphatic heterocycles. The summed E-state index contributed by atoms with van der Waals surface area (Å²) < 4.78 is 0. The second-order valence-electron chi connectivity index (χ2n) is 3.33. The zero-order chi connectivity index (χ0) is 8.16. The molecule has 1 fully saturated rings. The average Bonchev–Trinajstić information content (AvgIpc) is 2.03. The molecule has 0 aromatic carbocycles. The third-order valence-corrected chi connectivity index (χ3v) is 2.31. The predicted octanol–water partition coefficient (Wildman–Crippen LogP) is 0.984. The first-order chi connectivity index (χ1) is 5.27. The van der Waals surface area contributed by atoms with Crippen LogP contribution in [-0.4, -0.2) is 18.2 Å². The van der Waals surface area contributed by atoms with E-state index in [2.05, 4.69) is 4.99 Å². The molecule has 0 amide bonds. The number of hydrogen-bond acceptors (Lipinski definition) is 3. The number of rotatable bonds is 2. The lowest BCUT2D eigenvalue weighted by atomic mass is 9.83. The standard InChI is InChI=1S/C8H14N2O/c9-8(6-10-7-11)4-2-1-3-5-8/h1-6,9H2. The second-order valence-corrected chi connectivity index (χ2v) is 3.33. The Kier molecular flexibility index (Phi) is 2.80. The summed E-state index contributed by atoms with van der Waals surface area (Å²) in [4.78, 5) is 13.4. The van der Waals surface area contributed by atoms with Crippen LogP contribution in [0, 0.1) is 0 Å². The molecular formula is C8H14N2O. The van der Waals surface area contributed by atoms with Crippen molar-refractivity contribution in [3.8, 4) is 0 Å². The minimum absolute atomic E-state index is 0.199. The quantitative estimate of drug-likeness (QED) is 0.476. The Hall–Kier alpha value is -0.660. The van der Waals surface area contributed by atoms with E-state index in [0.717, 1.165) is 12.8 Å². The van der Waals surface area contributed by atoms with Crippen molar-refractivity contribution in [2.75, 3.05) is 6.54 Å². The van der Waals surface area contributed by atoms with Gasteiger partial charge < -0.3 is 5.73 Å². The molecule has 0 unspecified atom stereocenters. The first kappa shape index (κ1) is 8.44. The molecule has 0 spiro atoms. The third-order valence-electron chi connectivity index (χ3n) is 2.31. The summed E-state index contributed by atoms with van der Waals surface area (Å²) in [7, 11) is 0.